The molecule has 11 nitrogen and oxygen atoms in total. The maximum Gasteiger partial charge on any atom is 0.326 e. The Hall–Kier alpha value is -4.29. The Morgan fingerprint density at radius 3 is 2.44 bits per heavy atom. The number of guanidine groups is 1. The molecule has 1 heterocycles. The van der Waals surface area contributed by atoms with E-state index in [4.69, 9.17) is 0 Å². The van der Waals surface area contributed by atoms with Gasteiger partial charge >= 0.3 is 5.97 Å². The number of carbonyl (C=O) groups excluding carboxylic acids is 2. The summed E-state index contributed by atoms with van der Waals surface area (Å²) in [4.78, 5) is 41.6. The number of fused-ring (bicyclic) bond motifs is 1. The molecular weight excluding hydrogens is 546 g/mol. The van der Waals surface area contributed by atoms with E-state index in [0.29, 0.717) is 29.7 Å². The Kier molecular flexibility index (Phi) is 9.35. The zero-order valence-corrected chi connectivity index (χ0v) is 23.5. The van der Waals surface area contributed by atoms with Crippen LogP contribution in [0.5, 0.6) is 0 Å². The number of aliphatic carboxylic acids is 1. The van der Waals surface area contributed by atoms with Crippen molar-refractivity contribution in [2.75, 3.05) is 19.6 Å². The smallest absolute Gasteiger partial charge is 0.326 e. The highest BCUT2D eigenvalue weighted by Gasteiger charge is 2.42. The summed E-state index contributed by atoms with van der Waals surface area (Å²) >= 11 is 0. The minimum Gasteiger partial charge on any atom is -0.480 e. The summed E-state index contributed by atoms with van der Waals surface area (Å²) in [7, 11) is -4.27. The summed E-state index contributed by atoms with van der Waals surface area (Å²) in [5, 5.41) is 19.5. The van der Waals surface area contributed by atoms with Crippen LogP contribution < -0.4 is 20.7 Å². The summed E-state index contributed by atoms with van der Waals surface area (Å²) < 4.78 is 29.1. The van der Waals surface area contributed by atoms with Crippen LogP contribution in [0.25, 0.3) is 10.8 Å². The summed E-state index contributed by atoms with van der Waals surface area (Å²) in [5.74, 6) is -1.65. The van der Waals surface area contributed by atoms with Crippen LogP contribution in [0.4, 0.5) is 0 Å². The molecule has 0 aromatic heterocycles. The van der Waals surface area contributed by atoms with Crippen LogP contribution in [-0.4, -0.2) is 62.4 Å². The molecule has 5 N–H and O–H groups in total. The lowest BCUT2D eigenvalue weighted by molar-refractivity contribution is -0.144. The molecule has 41 heavy (non-hydrogen) atoms. The second-order valence-corrected chi connectivity index (χ2v) is 11.4. The summed E-state index contributed by atoms with van der Waals surface area (Å²) in [6, 6.07) is 18.3. The molecule has 1 aliphatic rings. The second kappa shape index (κ2) is 12.9. The molecule has 0 fully saturated rings. The molecule has 0 radical (unpaired) electrons. The molecule has 0 spiro atoms. The van der Waals surface area contributed by atoms with Gasteiger partial charge in [-0.2, -0.15) is 4.72 Å². The molecule has 1 aliphatic heterocycles. The van der Waals surface area contributed by atoms with Crippen LogP contribution in [0.2, 0.25) is 0 Å². The zero-order chi connectivity index (χ0) is 29.5. The van der Waals surface area contributed by atoms with Crippen LogP contribution >= 0.6 is 0 Å². The van der Waals surface area contributed by atoms with E-state index < -0.39 is 34.0 Å². The van der Waals surface area contributed by atoms with Gasteiger partial charge in [-0.05, 0) is 48.4 Å². The summed E-state index contributed by atoms with van der Waals surface area (Å²) in [5.41, 5.74) is -0.867. The van der Waals surface area contributed by atoms with Crippen molar-refractivity contribution in [2.45, 2.75) is 43.0 Å². The van der Waals surface area contributed by atoms with E-state index in [1.54, 1.807) is 60.7 Å². The minimum atomic E-state index is -4.27. The number of sulfonamides is 1. The molecule has 0 unspecified atom stereocenters. The van der Waals surface area contributed by atoms with Crippen LogP contribution in [-0.2, 0) is 26.0 Å². The van der Waals surface area contributed by atoms with E-state index in [1.807, 2.05) is 0 Å². The Morgan fingerprint density at radius 1 is 1.02 bits per heavy atom. The van der Waals surface area contributed by atoms with Crippen molar-refractivity contribution >= 4 is 44.5 Å². The number of benzene rings is 3. The van der Waals surface area contributed by atoms with Gasteiger partial charge in [0, 0.05) is 37.0 Å². The highest BCUT2D eigenvalue weighted by atomic mass is 32.2. The number of rotatable bonds is 11. The topological polar surface area (TPSA) is 166 Å². The largest absolute Gasteiger partial charge is 0.480 e. The number of aliphatic imine (C=N–C) groups is 1. The quantitative estimate of drug-likeness (QED) is 0.232. The van der Waals surface area contributed by atoms with E-state index in [0.717, 1.165) is 18.5 Å². The fourth-order valence-electron chi connectivity index (χ4n) is 4.47. The first-order valence-corrected chi connectivity index (χ1v) is 14.8. The number of aryl methyl sites for hydroxylation is 1. The lowest BCUT2D eigenvalue weighted by Crippen LogP contribution is -2.60. The molecular formula is C29H33N5O6S. The first-order chi connectivity index (χ1) is 19.6. The number of amides is 2. The van der Waals surface area contributed by atoms with Crippen molar-refractivity contribution in [3.05, 3.63) is 77.9 Å². The molecule has 216 valence electrons. The van der Waals surface area contributed by atoms with Gasteiger partial charge in [0.1, 0.15) is 5.54 Å². The predicted octanol–water partition coefficient (Wildman–Crippen LogP) is 2.18. The average Bonchev–Trinajstić information content (AvgIpc) is 2.98. The van der Waals surface area contributed by atoms with E-state index >= 15 is 0 Å². The monoisotopic (exact) mass is 579 g/mol. The maximum absolute atomic E-state index is 13.4. The number of nitrogens with zero attached hydrogens (tertiary/aromatic N) is 1. The van der Waals surface area contributed by atoms with Crippen LogP contribution in [0.1, 0.15) is 42.1 Å². The third kappa shape index (κ3) is 7.27. The standard InChI is InChI=1S/C29H33N5O6S/c1-2-29(27(37)38,34-41(39,40)24-10-5-8-21-7-3-4-9-23(21)24)19-32-26(36)22-14-11-20(12-15-22)13-16-25(35)33-28-30-17-6-18-31-28/h3-5,7-12,14-15,34H,2,6,13,16-19H2,1H3,(H,32,36)(H,37,38)(H2,30,31,33,35)/t29-/m1/s1. The van der Waals surface area contributed by atoms with Gasteiger partial charge in [0.2, 0.25) is 15.9 Å². The molecule has 0 saturated carbocycles. The van der Waals surface area contributed by atoms with Crippen molar-refractivity contribution in [1.82, 2.24) is 20.7 Å². The normalized spacial score (nSPS) is 14.8. The zero-order valence-electron chi connectivity index (χ0n) is 22.6. The van der Waals surface area contributed by atoms with Gasteiger partial charge < -0.3 is 15.7 Å². The third-order valence-electron chi connectivity index (χ3n) is 6.94. The van der Waals surface area contributed by atoms with Crippen molar-refractivity contribution in [1.29, 1.82) is 0 Å². The maximum atomic E-state index is 13.4. The summed E-state index contributed by atoms with van der Waals surface area (Å²) in [6.45, 7) is 2.51. The Morgan fingerprint density at radius 2 is 1.76 bits per heavy atom. The number of hydrogen-bond donors (Lipinski definition) is 5. The highest BCUT2D eigenvalue weighted by molar-refractivity contribution is 7.89. The number of hydrogen-bond acceptors (Lipinski definition) is 7. The highest BCUT2D eigenvalue weighted by Crippen LogP contribution is 2.25. The molecule has 0 bridgehead atoms. The van der Waals surface area contributed by atoms with Crippen molar-refractivity contribution in [3.63, 3.8) is 0 Å². The van der Waals surface area contributed by atoms with Crippen molar-refractivity contribution in [3.8, 4) is 0 Å². The van der Waals surface area contributed by atoms with Gasteiger partial charge in [-0.15, -0.1) is 0 Å². The minimum absolute atomic E-state index is 0.0479. The van der Waals surface area contributed by atoms with Crippen LogP contribution in [0.3, 0.4) is 0 Å². The first-order valence-electron chi connectivity index (χ1n) is 13.3. The van der Waals surface area contributed by atoms with Gasteiger partial charge in [-0.1, -0.05) is 55.5 Å². The first kappa shape index (κ1) is 29.7. The van der Waals surface area contributed by atoms with Crippen molar-refractivity contribution < 1.29 is 27.9 Å². The molecule has 1 atom stereocenters. The fraction of sp³-hybridized carbons (Fsp3) is 0.310. The molecule has 0 saturated heterocycles. The van der Waals surface area contributed by atoms with Gasteiger partial charge in [0.15, 0.2) is 5.96 Å². The number of carboxylic acid groups (broad SMARTS) is 1. The van der Waals surface area contributed by atoms with E-state index in [2.05, 4.69) is 25.7 Å². The number of carbonyl (C=O) groups is 3. The molecule has 4 rings (SSSR count). The predicted molar refractivity (Wildman–Crippen MR) is 155 cm³/mol. The molecule has 0 aliphatic carbocycles. The average molecular weight is 580 g/mol. The second-order valence-electron chi connectivity index (χ2n) is 9.76. The molecule has 2 amide bonds. The number of nitrogens with one attached hydrogen (secondary N) is 4. The number of carboxylic acids is 1. The van der Waals surface area contributed by atoms with E-state index in [1.165, 1.54) is 13.0 Å². The van der Waals surface area contributed by atoms with Crippen LogP contribution in [0, 0.1) is 0 Å². The summed E-state index contributed by atoms with van der Waals surface area (Å²) in [6.07, 6.45) is 1.50. The SMILES string of the molecule is CC[C@](CNC(=O)c1ccc(CCC(=O)NC2=NCCCN2)cc1)(NS(=O)(=O)c1cccc2ccccc12)C(=O)O. The Bertz CT molecular complexity index is 1570. The van der Waals surface area contributed by atoms with E-state index in [-0.39, 0.29) is 29.2 Å². The van der Waals surface area contributed by atoms with Crippen LogP contribution in [0.15, 0.2) is 76.6 Å². The van der Waals surface area contributed by atoms with Gasteiger partial charge in [0.05, 0.1) is 4.90 Å². The lowest BCUT2D eigenvalue weighted by Gasteiger charge is -2.29. The molecule has 12 heteroatoms. The molecule has 3 aromatic rings. The lowest BCUT2D eigenvalue weighted by atomic mass is 9.97. The van der Waals surface area contributed by atoms with Gasteiger partial charge in [-0.3, -0.25) is 24.7 Å². The van der Waals surface area contributed by atoms with Crippen molar-refractivity contribution in [2.24, 2.45) is 4.99 Å². The fourth-order valence-corrected chi connectivity index (χ4v) is 6.13. The Balaban J connectivity index is 1.39. The third-order valence-corrected chi connectivity index (χ3v) is 8.54. The molecule has 3 aromatic carbocycles. The van der Waals surface area contributed by atoms with Gasteiger partial charge in [0.25, 0.3) is 5.91 Å². The van der Waals surface area contributed by atoms with Gasteiger partial charge in [-0.25, -0.2) is 8.42 Å². The van der Waals surface area contributed by atoms with E-state index in [9.17, 15) is 27.9 Å². The Labute approximate surface area is 238 Å².